The molecule has 0 bridgehead atoms. The minimum atomic E-state index is 0.418. The van der Waals surface area contributed by atoms with E-state index >= 15 is 0 Å². The number of halogens is 2. The van der Waals surface area contributed by atoms with Crippen molar-refractivity contribution in [2.45, 2.75) is 12.8 Å². The lowest BCUT2D eigenvalue weighted by Crippen LogP contribution is -2.10. The lowest BCUT2D eigenvalue weighted by atomic mass is 9.98. The van der Waals surface area contributed by atoms with Gasteiger partial charge in [0.15, 0.2) is 0 Å². The fraction of sp³-hybridized carbons (Fsp3) is 0.235. The molecule has 4 heteroatoms. The van der Waals surface area contributed by atoms with Crippen molar-refractivity contribution in [1.82, 2.24) is 4.98 Å². The Balaban J connectivity index is 1.74. The summed E-state index contributed by atoms with van der Waals surface area (Å²) >= 11 is 11.5. The molecule has 0 spiro atoms. The van der Waals surface area contributed by atoms with Gasteiger partial charge >= 0.3 is 0 Å². The van der Waals surface area contributed by atoms with Gasteiger partial charge in [-0.15, -0.1) is 22.9 Å². The van der Waals surface area contributed by atoms with E-state index < -0.39 is 0 Å². The molecule has 0 amide bonds. The van der Waals surface area contributed by atoms with Crippen LogP contribution >= 0.6 is 38.9 Å². The van der Waals surface area contributed by atoms with Crippen LogP contribution in [-0.2, 0) is 12.8 Å². The molecule has 1 nitrogen and oxygen atoms in total. The second kappa shape index (κ2) is 6.91. The molecule has 1 aromatic heterocycles. The van der Waals surface area contributed by atoms with Crippen LogP contribution in [0.4, 0.5) is 0 Å². The summed E-state index contributed by atoms with van der Waals surface area (Å²) in [5, 5.41) is 1.18. The predicted molar refractivity (Wildman–Crippen MR) is 95.4 cm³/mol. The van der Waals surface area contributed by atoms with Gasteiger partial charge in [0.1, 0.15) is 0 Å². The van der Waals surface area contributed by atoms with Crippen molar-refractivity contribution in [2.75, 3.05) is 5.88 Å². The molecule has 1 unspecified atom stereocenters. The maximum Gasteiger partial charge on any atom is 0.0941 e. The Morgan fingerprint density at radius 3 is 2.71 bits per heavy atom. The van der Waals surface area contributed by atoms with Crippen molar-refractivity contribution >= 4 is 49.1 Å². The van der Waals surface area contributed by atoms with Gasteiger partial charge in [0, 0.05) is 16.8 Å². The number of aromatic nitrogens is 1. The third-order valence-corrected chi connectivity index (χ3v) is 5.42. The maximum absolute atomic E-state index is 6.17. The average molecular weight is 381 g/mol. The van der Waals surface area contributed by atoms with Gasteiger partial charge in [0.2, 0.25) is 0 Å². The highest BCUT2D eigenvalue weighted by Gasteiger charge is 2.13. The summed E-state index contributed by atoms with van der Waals surface area (Å²) in [5.41, 5.74) is 2.41. The smallest absolute Gasteiger partial charge is 0.0941 e. The van der Waals surface area contributed by atoms with Gasteiger partial charge in [-0.1, -0.05) is 40.2 Å². The van der Waals surface area contributed by atoms with E-state index in [0.717, 1.165) is 22.8 Å². The molecule has 0 aliphatic heterocycles. The predicted octanol–water partition coefficient (Wildman–Crippen LogP) is 5.70. The molecular weight excluding hydrogens is 366 g/mol. The van der Waals surface area contributed by atoms with E-state index in [4.69, 9.17) is 16.6 Å². The van der Waals surface area contributed by atoms with Gasteiger partial charge in [-0.25, -0.2) is 4.98 Å². The van der Waals surface area contributed by atoms with Crippen LogP contribution in [0.3, 0.4) is 0 Å². The van der Waals surface area contributed by atoms with Gasteiger partial charge in [0.05, 0.1) is 15.2 Å². The van der Waals surface area contributed by atoms with Crippen molar-refractivity contribution in [2.24, 2.45) is 5.92 Å². The SMILES string of the molecule is ClCC(Cc1cccc(Br)c1)Cc1nc2ccccc2s1. The summed E-state index contributed by atoms with van der Waals surface area (Å²) in [6, 6.07) is 16.7. The van der Waals surface area contributed by atoms with Crippen LogP contribution in [0.1, 0.15) is 10.6 Å². The normalized spacial score (nSPS) is 12.7. The third kappa shape index (κ3) is 3.85. The Morgan fingerprint density at radius 2 is 1.95 bits per heavy atom. The molecule has 3 rings (SSSR count). The van der Waals surface area contributed by atoms with E-state index in [1.807, 2.05) is 12.1 Å². The molecule has 0 saturated carbocycles. The quantitative estimate of drug-likeness (QED) is 0.517. The molecule has 0 saturated heterocycles. The monoisotopic (exact) mass is 379 g/mol. The molecule has 1 heterocycles. The molecule has 108 valence electrons. The topological polar surface area (TPSA) is 12.9 Å². The van der Waals surface area contributed by atoms with Gasteiger partial charge in [-0.3, -0.25) is 0 Å². The molecule has 0 aliphatic rings. The maximum atomic E-state index is 6.17. The molecule has 0 aliphatic carbocycles. The van der Waals surface area contributed by atoms with Crippen LogP contribution in [0.25, 0.3) is 10.2 Å². The van der Waals surface area contributed by atoms with Crippen LogP contribution < -0.4 is 0 Å². The van der Waals surface area contributed by atoms with Gasteiger partial charge in [0.25, 0.3) is 0 Å². The van der Waals surface area contributed by atoms with Gasteiger partial charge < -0.3 is 0 Å². The Hall–Kier alpha value is -0.900. The number of fused-ring (bicyclic) bond motifs is 1. The summed E-state index contributed by atoms with van der Waals surface area (Å²) in [6.45, 7) is 0. The summed E-state index contributed by atoms with van der Waals surface area (Å²) in [5.74, 6) is 1.07. The van der Waals surface area contributed by atoms with Gasteiger partial charge in [-0.2, -0.15) is 0 Å². The summed E-state index contributed by atoms with van der Waals surface area (Å²) < 4.78 is 2.37. The highest BCUT2D eigenvalue weighted by molar-refractivity contribution is 9.10. The highest BCUT2D eigenvalue weighted by Crippen LogP contribution is 2.25. The van der Waals surface area contributed by atoms with Gasteiger partial charge in [-0.05, 0) is 42.2 Å². The molecule has 0 radical (unpaired) electrons. The van der Waals surface area contributed by atoms with E-state index in [1.54, 1.807) is 11.3 Å². The zero-order chi connectivity index (χ0) is 14.7. The van der Waals surface area contributed by atoms with Crippen molar-refractivity contribution in [3.8, 4) is 0 Å². The molecular formula is C17H15BrClNS. The van der Waals surface area contributed by atoms with Crippen molar-refractivity contribution in [3.63, 3.8) is 0 Å². The number of rotatable bonds is 5. The molecule has 3 aromatic rings. The number of para-hydroxylation sites is 1. The Morgan fingerprint density at radius 1 is 1.10 bits per heavy atom. The van der Waals surface area contributed by atoms with Crippen LogP contribution in [0.15, 0.2) is 53.0 Å². The van der Waals surface area contributed by atoms with Crippen molar-refractivity contribution in [3.05, 3.63) is 63.6 Å². The van der Waals surface area contributed by atoms with Crippen molar-refractivity contribution < 1.29 is 0 Å². The summed E-state index contributed by atoms with van der Waals surface area (Å²) in [6.07, 6.45) is 1.92. The second-order valence-corrected chi connectivity index (χ2v) is 7.47. The molecule has 21 heavy (non-hydrogen) atoms. The molecule has 0 fully saturated rings. The third-order valence-electron chi connectivity index (χ3n) is 3.43. The van der Waals surface area contributed by atoms with E-state index in [1.165, 1.54) is 15.3 Å². The zero-order valence-corrected chi connectivity index (χ0v) is 14.6. The number of thiazole rings is 1. The van der Waals surface area contributed by atoms with E-state index in [-0.39, 0.29) is 0 Å². The molecule has 2 aromatic carbocycles. The molecule has 1 atom stereocenters. The zero-order valence-electron chi connectivity index (χ0n) is 11.4. The number of nitrogens with zero attached hydrogens (tertiary/aromatic N) is 1. The minimum Gasteiger partial charge on any atom is -0.241 e. The first-order chi connectivity index (χ1) is 10.2. The number of hydrogen-bond acceptors (Lipinski definition) is 2. The van der Waals surface area contributed by atoms with Crippen LogP contribution in [0.5, 0.6) is 0 Å². The first-order valence-electron chi connectivity index (χ1n) is 6.89. The van der Waals surface area contributed by atoms with E-state index in [0.29, 0.717) is 11.8 Å². The average Bonchev–Trinajstić information content (AvgIpc) is 2.89. The van der Waals surface area contributed by atoms with E-state index in [2.05, 4.69) is 52.3 Å². The van der Waals surface area contributed by atoms with Crippen LogP contribution in [0, 0.1) is 5.92 Å². The minimum absolute atomic E-state index is 0.418. The largest absolute Gasteiger partial charge is 0.241 e. The number of benzene rings is 2. The Kier molecular flexibility index (Phi) is 4.94. The fourth-order valence-electron chi connectivity index (χ4n) is 2.43. The summed E-state index contributed by atoms with van der Waals surface area (Å²) in [7, 11) is 0. The lowest BCUT2D eigenvalue weighted by molar-refractivity contribution is 0.582. The van der Waals surface area contributed by atoms with Crippen LogP contribution in [-0.4, -0.2) is 10.9 Å². The Labute approximate surface area is 142 Å². The fourth-order valence-corrected chi connectivity index (χ4v) is 4.18. The lowest BCUT2D eigenvalue weighted by Gasteiger charge is -2.12. The highest BCUT2D eigenvalue weighted by atomic mass is 79.9. The van der Waals surface area contributed by atoms with Crippen molar-refractivity contribution in [1.29, 1.82) is 0 Å². The van der Waals surface area contributed by atoms with Crippen LogP contribution in [0.2, 0.25) is 0 Å². The summed E-state index contributed by atoms with van der Waals surface area (Å²) in [4.78, 5) is 4.71. The number of hydrogen-bond donors (Lipinski definition) is 0. The molecule has 0 N–H and O–H groups in total. The Bertz CT molecular complexity index is 707. The van der Waals surface area contributed by atoms with E-state index in [9.17, 15) is 0 Å². The first-order valence-corrected chi connectivity index (χ1v) is 9.04. The second-order valence-electron chi connectivity index (χ2n) is 5.13. The standard InChI is InChI=1S/C17H15BrClNS/c18-14-5-3-4-12(9-14)8-13(11-19)10-17-20-15-6-1-2-7-16(15)21-17/h1-7,9,13H,8,10-11H2. The first kappa shape index (κ1) is 15.0. The number of alkyl halides is 1.